The van der Waals surface area contributed by atoms with Gasteiger partial charge in [-0.25, -0.2) is 0 Å². The van der Waals surface area contributed by atoms with Crippen molar-refractivity contribution in [3.63, 3.8) is 0 Å². The van der Waals surface area contributed by atoms with Gasteiger partial charge in [-0.15, -0.1) is 0 Å². The van der Waals surface area contributed by atoms with Crippen molar-refractivity contribution in [2.75, 3.05) is 19.6 Å². The van der Waals surface area contributed by atoms with Gasteiger partial charge in [-0.1, -0.05) is 19.7 Å². The maximum Gasteiger partial charge on any atom is 0.243 e. The Labute approximate surface area is 143 Å². The van der Waals surface area contributed by atoms with Crippen LogP contribution in [-0.4, -0.2) is 48.4 Å². The largest absolute Gasteiger partial charge is 0.351 e. The Morgan fingerprint density at radius 2 is 1.04 bits per heavy atom. The fourth-order valence-electron chi connectivity index (χ4n) is 2.10. The zero-order valence-corrected chi connectivity index (χ0v) is 14.7. The van der Waals surface area contributed by atoms with Gasteiger partial charge in [0.2, 0.25) is 17.7 Å². The average Bonchev–Trinajstić information content (AvgIpc) is 2.53. The Kier molecular flexibility index (Phi) is 8.70. The zero-order valence-electron chi connectivity index (χ0n) is 14.7. The molecule has 0 aromatic rings. The van der Waals surface area contributed by atoms with Gasteiger partial charge < -0.3 is 21.3 Å². The van der Waals surface area contributed by atoms with Gasteiger partial charge >= 0.3 is 0 Å². The van der Waals surface area contributed by atoms with Gasteiger partial charge in [0.1, 0.15) is 0 Å². The number of amides is 3. The standard InChI is InChI=1S/C17H28N4O3/c1-7-13(22)18-10-17(21-16(4,5)6,11-19-14(23)8-2)12-20-15(24)9-3/h7-9,21H,1-3,10-12H2,4-6H3,(H,18,22)(H,19,23)(H,20,24). The van der Waals surface area contributed by atoms with Crippen LogP contribution in [0.5, 0.6) is 0 Å². The molecule has 0 aliphatic heterocycles. The molecule has 0 spiro atoms. The molecule has 24 heavy (non-hydrogen) atoms. The van der Waals surface area contributed by atoms with E-state index in [2.05, 4.69) is 41.0 Å². The van der Waals surface area contributed by atoms with Gasteiger partial charge in [0.15, 0.2) is 0 Å². The van der Waals surface area contributed by atoms with E-state index in [4.69, 9.17) is 0 Å². The number of hydrogen-bond acceptors (Lipinski definition) is 4. The van der Waals surface area contributed by atoms with Crippen LogP contribution in [0.1, 0.15) is 20.8 Å². The van der Waals surface area contributed by atoms with Crippen LogP contribution in [0.25, 0.3) is 0 Å². The van der Waals surface area contributed by atoms with Crippen molar-refractivity contribution in [3.8, 4) is 0 Å². The van der Waals surface area contributed by atoms with Crippen molar-refractivity contribution in [3.05, 3.63) is 38.0 Å². The molecule has 0 heterocycles. The highest BCUT2D eigenvalue weighted by atomic mass is 16.2. The molecule has 3 amide bonds. The summed E-state index contributed by atoms with van der Waals surface area (Å²) in [5.74, 6) is -1.04. The Balaban J connectivity index is 5.41. The minimum atomic E-state index is -0.811. The first-order valence-electron chi connectivity index (χ1n) is 7.57. The number of hydrogen-bond donors (Lipinski definition) is 4. The second-order valence-electron chi connectivity index (χ2n) is 6.42. The van der Waals surface area contributed by atoms with Gasteiger partial charge in [0, 0.05) is 25.2 Å². The summed E-state index contributed by atoms with van der Waals surface area (Å²) in [6.07, 6.45) is 3.48. The summed E-state index contributed by atoms with van der Waals surface area (Å²) in [6.45, 7) is 16.6. The van der Waals surface area contributed by atoms with Gasteiger partial charge in [0.25, 0.3) is 0 Å². The predicted molar refractivity (Wildman–Crippen MR) is 95.2 cm³/mol. The van der Waals surface area contributed by atoms with E-state index in [0.717, 1.165) is 18.2 Å². The molecule has 7 heteroatoms. The highest BCUT2D eigenvalue weighted by Crippen LogP contribution is 2.11. The number of carbonyl (C=O) groups excluding carboxylic acids is 3. The molecule has 0 radical (unpaired) electrons. The Morgan fingerprint density at radius 1 is 0.750 bits per heavy atom. The summed E-state index contributed by atoms with van der Waals surface area (Å²) in [7, 11) is 0. The Morgan fingerprint density at radius 3 is 1.25 bits per heavy atom. The third kappa shape index (κ3) is 8.89. The highest BCUT2D eigenvalue weighted by molar-refractivity contribution is 5.88. The summed E-state index contributed by atoms with van der Waals surface area (Å²) in [5.41, 5.74) is -1.15. The van der Waals surface area contributed by atoms with Gasteiger partial charge in [-0.3, -0.25) is 14.4 Å². The Hall–Kier alpha value is -2.41. The lowest BCUT2D eigenvalue weighted by atomic mass is 9.93. The minimum absolute atomic E-state index is 0.171. The molecule has 0 fully saturated rings. The van der Waals surface area contributed by atoms with Crippen LogP contribution >= 0.6 is 0 Å². The summed E-state index contributed by atoms with van der Waals surface area (Å²) in [4.78, 5) is 34.6. The molecular formula is C17H28N4O3. The van der Waals surface area contributed by atoms with E-state index in [1.165, 1.54) is 0 Å². The van der Waals surface area contributed by atoms with E-state index in [9.17, 15) is 14.4 Å². The smallest absolute Gasteiger partial charge is 0.243 e. The first-order valence-corrected chi connectivity index (χ1v) is 7.57. The molecule has 0 aromatic heterocycles. The van der Waals surface area contributed by atoms with Crippen LogP contribution in [0.15, 0.2) is 38.0 Å². The molecule has 7 nitrogen and oxygen atoms in total. The van der Waals surface area contributed by atoms with Crippen molar-refractivity contribution < 1.29 is 14.4 Å². The first-order chi connectivity index (χ1) is 11.1. The lowest BCUT2D eigenvalue weighted by molar-refractivity contribution is -0.116. The minimum Gasteiger partial charge on any atom is -0.351 e. The fraction of sp³-hybridized carbons (Fsp3) is 0.471. The van der Waals surface area contributed by atoms with E-state index >= 15 is 0 Å². The Bertz CT molecular complexity index is 447. The molecule has 0 aliphatic carbocycles. The van der Waals surface area contributed by atoms with Crippen LogP contribution < -0.4 is 21.3 Å². The topological polar surface area (TPSA) is 99.3 Å². The van der Waals surface area contributed by atoms with Crippen molar-refractivity contribution in [2.45, 2.75) is 31.8 Å². The average molecular weight is 336 g/mol. The van der Waals surface area contributed by atoms with Gasteiger partial charge in [-0.2, -0.15) is 0 Å². The van der Waals surface area contributed by atoms with E-state index < -0.39 is 5.54 Å². The molecule has 0 aliphatic rings. The van der Waals surface area contributed by atoms with E-state index in [-0.39, 0.29) is 42.9 Å². The summed E-state index contributed by atoms with van der Waals surface area (Å²) in [6, 6.07) is 0. The van der Waals surface area contributed by atoms with Crippen molar-refractivity contribution in [1.82, 2.24) is 21.3 Å². The fourth-order valence-corrected chi connectivity index (χ4v) is 2.10. The van der Waals surface area contributed by atoms with Crippen LogP contribution in [0, 0.1) is 0 Å². The maximum absolute atomic E-state index is 11.5. The molecule has 4 N–H and O–H groups in total. The van der Waals surface area contributed by atoms with E-state index in [1.54, 1.807) is 0 Å². The van der Waals surface area contributed by atoms with Gasteiger partial charge in [0.05, 0.1) is 5.54 Å². The third-order valence-electron chi connectivity index (χ3n) is 3.00. The molecule has 0 saturated carbocycles. The third-order valence-corrected chi connectivity index (χ3v) is 3.00. The molecular weight excluding hydrogens is 308 g/mol. The SMILES string of the molecule is C=CC(=O)NCC(CNC(=O)C=C)(CNC(=O)C=C)NC(C)(C)C. The van der Waals surface area contributed by atoms with Crippen LogP contribution in [0.2, 0.25) is 0 Å². The second kappa shape index (κ2) is 9.67. The quantitative estimate of drug-likeness (QED) is 0.423. The lowest BCUT2D eigenvalue weighted by Crippen LogP contribution is -2.68. The summed E-state index contributed by atoms with van der Waals surface area (Å²) < 4.78 is 0. The summed E-state index contributed by atoms with van der Waals surface area (Å²) in [5, 5.41) is 11.5. The van der Waals surface area contributed by atoms with Gasteiger partial charge in [-0.05, 0) is 39.0 Å². The maximum atomic E-state index is 11.5. The second-order valence-corrected chi connectivity index (χ2v) is 6.42. The normalized spacial score (nSPS) is 11.1. The number of nitrogens with one attached hydrogen (secondary N) is 4. The molecule has 0 rings (SSSR count). The summed E-state index contributed by atoms with van der Waals surface area (Å²) >= 11 is 0. The molecule has 0 atom stereocenters. The zero-order chi connectivity index (χ0) is 18.8. The predicted octanol–water partition coefficient (Wildman–Crippen LogP) is 0.0199. The van der Waals surface area contributed by atoms with Crippen molar-refractivity contribution in [2.24, 2.45) is 0 Å². The number of carbonyl (C=O) groups is 3. The van der Waals surface area contributed by atoms with Crippen molar-refractivity contribution in [1.29, 1.82) is 0 Å². The van der Waals surface area contributed by atoms with E-state index in [0.29, 0.717) is 0 Å². The van der Waals surface area contributed by atoms with Crippen LogP contribution in [-0.2, 0) is 14.4 Å². The molecule has 0 bridgehead atoms. The van der Waals surface area contributed by atoms with Crippen molar-refractivity contribution >= 4 is 17.7 Å². The van der Waals surface area contributed by atoms with E-state index in [1.807, 2.05) is 20.8 Å². The molecule has 134 valence electrons. The molecule has 0 aromatic carbocycles. The number of rotatable bonds is 10. The first kappa shape index (κ1) is 21.6. The molecule has 0 saturated heterocycles. The molecule has 0 unspecified atom stereocenters. The monoisotopic (exact) mass is 336 g/mol. The van der Waals surface area contributed by atoms with Crippen LogP contribution in [0.4, 0.5) is 0 Å². The van der Waals surface area contributed by atoms with Crippen LogP contribution in [0.3, 0.4) is 0 Å². The highest BCUT2D eigenvalue weighted by Gasteiger charge is 2.34. The lowest BCUT2D eigenvalue weighted by Gasteiger charge is -2.41.